The smallest absolute Gasteiger partial charge is 0.228 e. The van der Waals surface area contributed by atoms with Gasteiger partial charge in [-0.15, -0.1) is 0 Å². The van der Waals surface area contributed by atoms with Gasteiger partial charge in [-0.2, -0.15) is 0 Å². The second-order valence-corrected chi connectivity index (χ2v) is 3.72. The molecule has 1 aliphatic heterocycles. The molecule has 0 saturated carbocycles. The van der Waals surface area contributed by atoms with E-state index in [9.17, 15) is 4.79 Å². The van der Waals surface area contributed by atoms with Gasteiger partial charge in [0.15, 0.2) is 0 Å². The van der Waals surface area contributed by atoms with Gasteiger partial charge in [-0.25, -0.2) is 0 Å². The largest absolute Gasteiger partial charge is 0.495 e. The Morgan fingerprint density at radius 2 is 2.27 bits per heavy atom. The molecule has 0 aromatic heterocycles. The molecule has 4 nitrogen and oxygen atoms in total. The van der Waals surface area contributed by atoms with E-state index in [4.69, 9.17) is 10.5 Å². The first-order chi connectivity index (χ1) is 7.13. The summed E-state index contributed by atoms with van der Waals surface area (Å²) in [6.45, 7) is 1.91. The number of fused-ring (bicyclic) bond motifs is 1. The van der Waals surface area contributed by atoms with Gasteiger partial charge in [-0.1, -0.05) is 6.07 Å². The number of methoxy groups -OCH3 is 1. The molecule has 3 N–H and O–H groups in total. The lowest BCUT2D eigenvalue weighted by atomic mass is 9.99. The van der Waals surface area contributed by atoms with E-state index in [1.165, 1.54) is 0 Å². The average Bonchev–Trinajstić information content (AvgIpc) is 2.56. The predicted molar refractivity (Wildman–Crippen MR) is 57.9 cm³/mol. The Bertz CT molecular complexity index is 413. The third-order valence-electron chi connectivity index (χ3n) is 2.62. The van der Waals surface area contributed by atoms with Gasteiger partial charge in [-0.05, 0) is 24.1 Å². The van der Waals surface area contributed by atoms with Gasteiger partial charge >= 0.3 is 0 Å². The highest BCUT2D eigenvalue weighted by atomic mass is 16.5. The number of anilines is 1. The Labute approximate surface area is 88.4 Å². The number of nitrogens with one attached hydrogen (secondary N) is 1. The molecule has 1 atom stereocenters. The van der Waals surface area contributed by atoms with E-state index in [1.807, 2.05) is 19.1 Å². The number of carbonyl (C=O) groups is 1. The van der Waals surface area contributed by atoms with Crippen molar-refractivity contribution in [1.82, 2.24) is 0 Å². The quantitative estimate of drug-likeness (QED) is 0.764. The predicted octanol–water partition coefficient (Wildman–Crippen LogP) is 1.21. The normalized spacial score (nSPS) is 15.8. The van der Waals surface area contributed by atoms with Crippen LogP contribution in [0.15, 0.2) is 12.1 Å². The van der Waals surface area contributed by atoms with Crippen LogP contribution in [0.3, 0.4) is 0 Å². The van der Waals surface area contributed by atoms with Gasteiger partial charge in [0, 0.05) is 6.04 Å². The Hall–Kier alpha value is -1.55. The monoisotopic (exact) mass is 206 g/mol. The maximum absolute atomic E-state index is 11.3. The van der Waals surface area contributed by atoms with Crippen LogP contribution >= 0.6 is 0 Å². The van der Waals surface area contributed by atoms with E-state index in [0.717, 1.165) is 16.8 Å². The summed E-state index contributed by atoms with van der Waals surface area (Å²) in [6, 6.07) is 3.68. The number of ether oxygens (including phenoxy) is 1. The van der Waals surface area contributed by atoms with Crippen LogP contribution in [-0.2, 0) is 11.2 Å². The van der Waals surface area contributed by atoms with Gasteiger partial charge in [-0.3, -0.25) is 4.79 Å². The van der Waals surface area contributed by atoms with Gasteiger partial charge in [0.2, 0.25) is 5.91 Å². The molecule has 1 aromatic rings. The topological polar surface area (TPSA) is 64.3 Å². The Morgan fingerprint density at radius 1 is 1.53 bits per heavy atom. The Kier molecular flexibility index (Phi) is 2.36. The molecule has 1 amide bonds. The summed E-state index contributed by atoms with van der Waals surface area (Å²) in [4.78, 5) is 11.3. The molecule has 1 aliphatic rings. The third kappa shape index (κ3) is 1.57. The van der Waals surface area contributed by atoms with Crippen LogP contribution in [0.1, 0.15) is 24.1 Å². The Balaban J connectivity index is 2.56. The van der Waals surface area contributed by atoms with Crippen molar-refractivity contribution in [2.75, 3.05) is 12.4 Å². The fourth-order valence-electron chi connectivity index (χ4n) is 1.91. The molecule has 0 aliphatic carbocycles. The highest BCUT2D eigenvalue weighted by Gasteiger charge is 2.25. The molecule has 1 unspecified atom stereocenters. The van der Waals surface area contributed by atoms with Crippen molar-refractivity contribution < 1.29 is 9.53 Å². The van der Waals surface area contributed by atoms with Crippen molar-refractivity contribution >= 4 is 11.6 Å². The number of benzene rings is 1. The van der Waals surface area contributed by atoms with E-state index < -0.39 is 0 Å². The van der Waals surface area contributed by atoms with E-state index in [2.05, 4.69) is 5.32 Å². The van der Waals surface area contributed by atoms with E-state index >= 15 is 0 Å². The van der Waals surface area contributed by atoms with Crippen LogP contribution in [0.25, 0.3) is 0 Å². The van der Waals surface area contributed by atoms with Crippen molar-refractivity contribution in [3.8, 4) is 5.75 Å². The number of rotatable bonds is 2. The Morgan fingerprint density at radius 3 is 2.87 bits per heavy atom. The molecule has 0 spiro atoms. The molecule has 80 valence electrons. The van der Waals surface area contributed by atoms with Gasteiger partial charge < -0.3 is 15.8 Å². The lowest BCUT2D eigenvalue weighted by Gasteiger charge is -2.13. The maximum atomic E-state index is 11.3. The highest BCUT2D eigenvalue weighted by molar-refractivity contribution is 6.01. The number of hydrogen-bond donors (Lipinski definition) is 2. The first kappa shape index (κ1) is 9.98. The molecule has 1 heterocycles. The second kappa shape index (κ2) is 3.55. The van der Waals surface area contributed by atoms with Crippen molar-refractivity contribution in [3.05, 3.63) is 23.3 Å². The molecule has 1 aromatic carbocycles. The van der Waals surface area contributed by atoms with E-state index in [-0.39, 0.29) is 11.9 Å². The summed E-state index contributed by atoms with van der Waals surface area (Å²) < 4.78 is 5.18. The molecule has 0 fully saturated rings. The standard InChI is InChI=1S/C11H14N2O2/c1-6(12)7-3-4-9(15-2)11-8(7)5-10(14)13-11/h3-4,6H,5,12H2,1-2H3,(H,13,14). The van der Waals surface area contributed by atoms with Gasteiger partial charge in [0.25, 0.3) is 0 Å². The molecule has 15 heavy (non-hydrogen) atoms. The van der Waals surface area contributed by atoms with Crippen molar-refractivity contribution in [1.29, 1.82) is 0 Å². The highest BCUT2D eigenvalue weighted by Crippen LogP contribution is 2.37. The molecular formula is C11H14N2O2. The summed E-state index contributed by atoms with van der Waals surface area (Å²) in [6.07, 6.45) is 0.392. The molecule has 0 bridgehead atoms. The number of hydrogen-bond acceptors (Lipinski definition) is 3. The van der Waals surface area contributed by atoms with Crippen molar-refractivity contribution in [3.63, 3.8) is 0 Å². The minimum Gasteiger partial charge on any atom is -0.495 e. The van der Waals surface area contributed by atoms with Crippen LogP contribution in [-0.4, -0.2) is 13.0 Å². The van der Waals surface area contributed by atoms with E-state index in [0.29, 0.717) is 12.2 Å². The molecule has 0 saturated heterocycles. The average molecular weight is 206 g/mol. The molecule has 0 radical (unpaired) electrons. The lowest BCUT2D eigenvalue weighted by Crippen LogP contribution is -2.08. The lowest BCUT2D eigenvalue weighted by molar-refractivity contribution is -0.115. The van der Waals surface area contributed by atoms with Gasteiger partial charge in [0.1, 0.15) is 5.75 Å². The van der Waals surface area contributed by atoms with Crippen LogP contribution in [0, 0.1) is 0 Å². The minimum absolute atomic E-state index is 0.00333. The first-order valence-electron chi connectivity index (χ1n) is 4.88. The number of nitrogens with two attached hydrogens (primary N) is 1. The minimum atomic E-state index is -0.0719. The SMILES string of the molecule is COc1ccc(C(C)N)c2c1NC(=O)C2. The molecule has 2 rings (SSSR count). The van der Waals surface area contributed by atoms with Gasteiger partial charge in [0.05, 0.1) is 19.2 Å². The summed E-state index contributed by atoms with van der Waals surface area (Å²) >= 11 is 0. The van der Waals surface area contributed by atoms with E-state index in [1.54, 1.807) is 7.11 Å². The fourth-order valence-corrected chi connectivity index (χ4v) is 1.91. The zero-order chi connectivity index (χ0) is 11.0. The van der Waals surface area contributed by atoms with Crippen LogP contribution < -0.4 is 15.8 Å². The number of amides is 1. The molecular weight excluding hydrogens is 192 g/mol. The molecule has 4 heteroatoms. The maximum Gasteiger partial charge on any atom is 0.228 e. The third-order valence-corrected chi connectivity index (χ3v) is 2.62. The van der Waals surface area contributed by atoms with Crippen molar-refractivity contribution in [2.45, 2.75) is 19.4 Å². The first-order valence-corrected chi connectivity index (χ1v) is 4.88. The second-order valence-electron chi connectivity index (χ2n) is 3.72. The zero-order valence-corrected chi connectivity index (χ0v) is 8.83. The summed E-state index contributed by atoms with van der Waals surface area (Å²) in [5.74, 6) is 0.691. The fraction of sp³-hybridized carbons (Fsp3) is 0.364. The van der Waals surface area contributed by atoms with Crippen LogP contribution in [0.5, 0.6) is 5.75 Å². The number of carbonyl (C=O) groups excluding carboxylic acids is 1. The zero-order valence-electron chi connectivity index (χ0n) is 8.83. The summed E-state index contributed by atoms with van der Waals surface area (Å²) in [7, 11) is 1.59. The van der Waals surface area contributed by atoms with Crippen molar-refractivity contribution in [2.24, 2.45) is 5.73 Å². The summed E-state index contributed by atoms with van der Waals surface area (Å²) in [5.41, 5.74) is 8.59. The van der Waals surface area contributed by atoms with Crippen LogP contribution in [0.4, 0.5) is 5.69 Å². The summed E-state index contributed by atoms with van der Waals surface area (Å²) in [5, 5.41) is 2.79. The van der Waals surface area contributed by atoms with Crippen LogP contribution in [0.2, 0.25) is 0 Å².